The van der Waals surface area contributed by atoms with E-state index in [1.807, 2.05) is 12.1 Å². The number of ether oxygens (including phenoxy) is 2. The van der Waals surface area contributed by atoms with E-state index in [1.54, 1.807) is 61.7 Å². The molecule has 0 fully saturated rings. The highest BCUT2D eigenvalue weighted by Gasteiger charge is 2.27. The first-order chi connectivity index (χ1) is 15.4. The van der Waals surface area contributed by atoms with E-state index in [4.69, 9.17) is 9.47 Å². The van der Waals surface area contributed by atoms with Crippen LogP contribution in [0.2, 0.25) is 0 Å². The van der Waals surface area contributed by atoms with Gasteiger partial charge in [-0.15, -0.1) is 0 Å². The van der Waals surface area contributed by atoms with Crippen molar-refractivity contribution in [2.45, 2.75) is 4.90 Å². The predicted octanol–water partition coefficient (Wildman–Crippen LogP) is 3.85. The van der Waals surface area contributed by atoms with Crippen LogP contribution in [0.15, 0.2) is 88.2 Å². The molecule has 32 heavy (non-hydrogen) atoms. The number of hydrogen-bond donors (Lipinski definition) is 1. The number of carbonyl (C=O) groups is 1. The SMILES string of the molecule is COc1ccccc1OCCNC(=O)CN(c1cccc(Br)c1)S(=O)(=O)c1ccccc1. The second-order valence-corrected chi connectivity index (χ2v) is 9.43. The largest absolute Gasteiger partial charge is 0.493 e. The molecule has 168 valence electrons. The van der Waals surface area contributed by atoms with Crippen molar-refractivity contribution in [1.82, 2.24) is 5.32 Å². The highest BCUT2D eigenvalue weighted by Crippen LogP contribution is 2.27. The highest BCUT2D eigenvalue weighted by molar-refractivity contribution is 9.10. The van der Waals surface area contributed by atoms with Crippen LogP contribution >= 0.6 is 15.9 Å². The normalized spacial score (nSPS) is 10.9. The summed E-state index contributed by atoms with van der Waals surface area (Å²) < 4.78 is 39.2. The number of hydrogen-bond acceptors (Lipinski definition) is 5. The Labute approximate surface area is 196 Å². The molecule has 0 atom stereocenters. The number of benzene rings is 3. The maximum absolute atomic E-state index is 13.3. The van der Waals surface area contributed by atoms with Crippen LogP contribution in [0.1, 0.15) is 0 Å². The van der Waals surface area contributed by atoms with E-state index in [9.17, 15) is 13.2 Å². The zero-order valence-corrected chi connectivity index (χ0v) is 19.8. The van der Waals surface area contributed by atoms with Crippen molar-refractivity contribution in [3.8, 4) is 11.5 Å². The van der Waals surface area contributed by atoms with Gasteiger partial charge in [0.15, 0.2) is 11.5 Å². The highest BCUT2D eigenvalue weighted by atomic mass is 79.9. The molecule has 0 bridgehead atoms. The molecule has 9 heteroatoms. The third-order valence-electron chi connectivity index (χ3n) is 4.47. The molecule has 0 aromatic heterocycles. The van der Waals surface area contributed by atoms with Crippen LogP contribution in [0, 0.1) is 0 Å². The molecular formula is C23H23BrN2O5S. The monoisotopic (exact) mass is 518 g/mol. The summed E-state index contributed by atoms with van der Waals surface area (Å²) in [5, 5.41) is 2.71. The Hall–Kier alpha value is -3.04. The molecule has 3 rings (SSSR count). The number of anilines is 1. The van der Waals surface area contributed by atoms with Gasteiger partial charge < -0.3 is 14.8 Å². The zero-order valence-electron chi connectivity index (χ0n) is 17.4. The molecule has 0 aliphatic carbocycles. The number of nitrogens with one attached hydrogen (secondary N) is 1. The molecule has 1 N–H and O–H groups in total. The number of sulfonamides is 1. The van der Waals surface area contributed by atoms with Gasteiger partial charge in [-0.1, -0.05) is 52.3 Å². The van der Waals surface area contributed by atoms with Crippen LogP contribution < -0.4 is 19.1 Å². The Morgan fingerprint density at radius 3 is 2.34 bits per heavy atom. The van der Waals surface area contributed by atoms with Gasteiger partial charge in [-0.05, 0) is 42.5 Å². The van der Waals surface area contributed by atoms with Gasteiger partial charge in [-0.25, -0.2) is 8.42 Å². The van der Waals surface area contributed by atoms with E-state index in [2.05, 4.69) is 21.2 Å². The summed E-state index contributed by atoms with van der Waals surface area (Å²) in [5.74, 6) is 0.702. The summed E-state index contributed by atoms with van der Waals surface area (Å²) in [5.41, 5.74) is 0.378. The molecular weight excluding hydrogens is 496 g/mol. The average molecular weight is 519 g/mol. The fourth-order valence-electron chi connectivity index (χ4n) is 2.94. The first-order valence-electron chi connectivity index (χ1n) is 9.77. The van der Waals surface area contributed by atoms with Crippen molar-refractivity contribution in [3.05, 3.63) is 83.3 Å². The minimum Gasteiger partial charge on any atom is -0.493 e. The molecule has 0 radical (unpaired) electrons. The van der Waals surface area contributed by atoms with Crippen LogP contribution in [-0.2, 0) is 14.8 Å². The summed E-state index contributed by atoms with van der Waals surface area (Å²) in [6, 6.07) is 22.0. The Balaban J connectivity index is 1.69. The van der Waals surface area contributed by atoms with Crippen LogP contribution in [0.3, 0.4) is 0 Å². The summed E-state index contributed by atoms with van der Waals surface area (Å²) in [4.78, 5) is 12.7. The number of amides is 1. The van der Waals surface area contributed by atoms with Crippen LogP contribution in [0.4, 0.5) is 5.69 Å². The third kappa shape index (κ3) is 6.02. The topological polar surface area (TPSA) is 84.9 Å². The Bertz CT molecular complexity index is 1160. The number of nitrogens with zero attached hydrogens (tertiary/aromatic N) is 1. The molecule has 0 saturated carbocycles. The lowest BCUT2D eigenvalue weighted by Gasteiger charge is -2.24. The lowest BCUT2D eigenvalue weighted by atomic mass is 10.3. The first kappa shape index (κ1) is 23.6. The maximum atomic E-state index is 13.3. The van der Waals surface area contributed by atoms with E-state index in [0.29, 0.717) is 21.7 Å². The first-order valence-corrected chi connectivity index (χ1v) is 12.0. The predicted molar refractivity (Wildman–Crippen MR) is 127 cm³/mol. The molecule has 0 spiro atoms. The van der Waals surface area contributed by atoms with E-state index < -0.39 is 15.9 Å². The second kappa shape index (κ2) is 11.0. The van der Waals surface area contributed by atoms with Gasteiger partial charge in [0.25, 0.3) is 10.0 Å². The average Bonchev–Trinajstić information content (AvgIpc) is 2.81. The van der Waals surface area contributed by atoms with Crippen LogP contribution in [-0.4, -0.2) is 41.1 Å². The summed E-state index contributed by atoms with van der Waals surface area (Å²) >= 11 is 3.36. The molecule has 0 heterocycles. The van der Waals surface area contributed by atoms with E-state index in [1.165, 1.54) is 12.1 Å². The molecule has 0 saturated heterocycles. The Morgan fingerprint density at radius 1 is 0.969 bits per heavy atom. The Morgan fingerprint density at radius 2 is 1.66 bits per heavy atom. The maximum Gasteiger partial charge on any atom is 0.264 e. The van der Waals surface area contributed by atoms with Gasteiger partial charge in [-0.3, -0.25) is 9.10 Å². The lowest BCUT2D eigenvalue weighted by Crippen LogP contribution is -2.41. The van der Waals surface area contributed by atoms with Crippen molar-refractivity contribution in [1.29, 1.82) is 0 Å². The molecule has 0 aliphatic heterocycles. The number of halogens is 1. The third-order valence-corrected chi connectivity index (χ3v) is 6.75. The fourth-order valence-corrected chi connectivity index (χ4v) is 4.76. The Kier molecular flexibility index (Phi) is 8.13. The number of rotatable bonds is 10. The van der Waals surface area contributed by atoms with Gasteiger partial charge in [-0.2, -0.15) is 0 Å². The smallest absolute Gasteiger partial charge is 0.264 e. The van der Waals surface area contributed by atoms with Gasteiger partial charge >= 0.3 is 0 Å². The molecule has 1 amide bonds. The number of carbonyl (C=O) groups excluding carboxylic acids is 1. The van der Waals surface area contributed by atoms with Gasteiger partial charge in [0.2, 0.25) is 5.91 Å². The second-order valence-electron chi connectivity index (χ2n) is 6.65. The van der Waals surface area contributed by atoms with Gasteiger partial charge in [0.05, 0.1) is 24.2 Å². The molecule has 0 aliphatic rings. The summed E-state index contributed by atoms with van der Waals surface area (Å²) in [6.45, 7) is 0.0331. The van der Waals surface area contributed by atoms with Crippen LogP contribution in [0.5, 0.6) is 11.5 Å². The summed E-state index contributed by atoms with van der Waals surface area (Å²) in [6.07, 6.45) is 0. The minimum absolute atomic E-state index is 0.104. The quantitative estimate of drug-likeness (QED) is 0.412. The van der Waals surface area contributed by atoms with Crippen molar-refractivity contribution in [3.63, 3.8) is 0 Å². The number of para-hydroxylation sites is 2. The summed E-state index contributed by atoms with van der Waals surface area (Å²) in [7, 11) is -2.40. The van der Waals surface area contributed by atoms with E-state index in [0.717, 1.165) is 4.31 Å². The van der Waals surface area contributed by atoms with Gasteiger partial charge in [0, 0.05) is 4.47 Å². The van der Waals surface area contributed by atoms with Gasteiger partial charge in [0.1, 0.15) is 13.2 Å². The number of methoxy groups -OCH3 is 1. The molecule has 0 unspecified atom stereocenters. The lowest BCUT2D eigenvalue weighted by molar-refractivity contribution is -0.119. The molecule has 7 nitrogen and oxygen atoms in total. The van der Waals surface area contributed by atoms with Crippen molar-refractivity contribution < 1.29 is 22.7 Å². The minimum atomic E-state index is -3.94. The standard InChI is InChI=1S/C23H23BrN2O5S/c1-30-21-12-5-6-13-22(21)31-15-14-25-23(27)17-26(19-9-7-8-18(24)16-19)32(28,29)20-10-3-2-4-11-20/h2-13,16H,14-15,17H2,1H3,(H,25,27). The fraction of sp³-hybridized carbons (Fsp3) is 0.174. The molecule has 3 aromatic carbocycles. The van der Waals surface area contributed by atoms with Crippen molar-refractivity contribution in [2.75, 3.05) is 31.1 Å². The van der Waals surface area contributed by atoms with E-state index >= 15 is 0 Å². The van der Waals surface area contributed by atoms with Crippen molar-refractivity contribution in [2.24, 2.45) is 0 Å². The van der Waals surface area contributed by atoms with E-state index in [-0.39, 0.29) is 24.6 Å². The van der Waals surface area contributed by atoms with Crippen LogP contribution in [0.25, 0.3) is 0 Å². The molecule has 3 aromatic rings. The zero-order chi connectivity index (χ0) is 23.0. The van der Waals surface area contributed by atoms with Crippen molar-refractivity contribution >= 4 is 37.5 Å².